The predicted molar refractivity (Wildman–Crippen MR) is 81.0 cm³/mol. The molecule has 1 nitrogen and oxygen atoms in total. The van der Waals surface area contributed by atoms with Gasteiger partial charge in [0.25, 0.3) is 0 Å². The highest BCUT2D eigenvalue weighted by Gasteiger charge is 2.17. The summed E-state index contributed by atoms with van der Waals surface area (Å²) in [7, 11) is 1.72. The highest BCUT2D eigenvalue weighted by molar-refractivity contribution is 9.10. The van der Waals surface area contributed by atoms with Crippen molar-refractivity contribution in [1.29, 1.82) is 0 Å². The van der Waals surface area contributed by atoms with E-state index in [-0.39, 0.29) is 11.9 Å². The van der Waals surface area contributed by atoms with Crippen molar-refractivity contribution in [2.75, 3.05) is 7.05 Å². The van der Waals surface area contributed by atoms with Gasteiger partial charge in [-0.15, -0.1) is 0 Å². The lowest BCUT2D eigenvalue weighted by Gasteiger charge is -2.18. The summed E-state index contributed by atoms with van der Waals surface area (Å²) < 4.78 is 28.5. The molecule has 1 atom stereocenters. The maximum Gasteiger partial charge on any atom is 0.129 e. The van der Waals surface area contributed by atoms with E-state index in [1.165, 1.54) is 12.1 Å². The molecule has 0 heterocycles. The van der Waals surface area contributed by atoms with E-state index >= 15 is 0 Å². The van der Waals surface area contributed by atoms with Crippen LogP contribution in [0.25, 0.3) is 0 Å². The number of likely N-dealkylation sites (N-methyl/N-ethyl adjacent to an activating group) is 1. The van der Waals surface area contributed by atoms with Crippen LogP contribution in [0, 0.1) is 11.6 Å². The molecule has 1 N–H and O–H groups in total. The van der Waals surface area contributed by atoms with Gasteiger partial charge >= 0.3 is 0 Å². The summed E-state index contributed by atoms with van der Waals surface area (Å²) in [4.78, 5) is 0. The Morgan fingerprint density at radius 3 is 2.55 bits per heavy atom. The summed E-state index contributed by atoms with van der Waals surface area (Å²) in [5.74, 6) is -0.699. The first-order chi connectivity index (χ1) is 9.51. The molecule has 2 aromatic rings. The summed E-state index contributed by atoms with van der Waals surface area (Å²) in [6, 6.07) is 8.92. The van der Waals surface area contributed by atoms with Crippen LogP contribution in [-0.4, -0.2) is 7.05 Å². The molecule has 0 radical (unpaired) electrons. The monoisotopic (exact) mass is 359 g/mol. The molecule has 0 aliphatic carbocycles. The molecule has 0 bridgehead atoms. The maximum absolute atomic E-state index is 13.9. The summed E-state index contributed by atoms with van der Waals surface area (Å²) in [5.41, 5.74) is 0.990. The third kappa shape index (κ3) is 3.57. The third-order valence-corrected chi connectivity index (χ3v) is 3.85. The first-order valence-corrected chi connectivity index (χ1v) is 7.24. The van der Waals surface area contributed by atoms with Crippen molar-refractivity contribution in [2.24, 2.45) is 0 Å². The van der Waals surface area contributed by atoms with Gasteiger partial charge in [0.05, 0.1) is 0 Å². The van der Waals surface area contributed by atoms with E-state index in [0.717, 1.165) is 4.47 Å². The van der Waals surface area contributed by atoms with E-state index in [1.54, 1.807) is 31.3 Å². The molecular weight excluding hydrogens is 348 g/mol. The van der Waals surface area contributed by atoms with Gasteiger partial charge < -0.3 is 5.32 Å². The van der Waals surface area contributed by atoms with Crippen LogP contribution in [-0.2, 0) is 6.42 Å². The fourth-order valence-electron chi connectivity index (χ4n) is 2.07. The minimum Gasteiger partial charge on any atom is -0.313 e. The summed E-state index contributed by atoms with van der Waals surface area (Å²) in [6.07, 6.45) is 0.348. The fourth-order valence-corrected chi connectivity index (χ4v) is 2.64. The van der Waals surface area contributed by atoms with Gasteiger partial charge in [-0.2, -0.15) is 0 Å². The Hall–Kier alpha value is -0.970. The highest BCUT2D eigenvalue weighted by Crippen LogP contribution is 2.26. The summed E-state index contributed by atoms with van der Waals surface area (Å²) in [5, 5.41) is 3.35. The quantitative estimate of drug-likeness (QED) is 0.819. The van der Waals surface area contributed by atoms with Crippen molar-refractivity contribution in [3.63, 3.8) is 0 Å². The maximum atomic E-state index is 13.9. The second kappa shape index (κ2) is 6.66. The zero-order valence-corrected chi connectivity index (χ0v) is 13.1. The minimum absolute atomic E-state index is 0.303. The van der Waals surface area contributed by atoms with E-state index in [9.17, 15) is 8.78 Å². The van der Waals surface area contributed by atoms with Gasteiger partial charge in [0, 0.05) is 21.1 Å². The number of hydrogen-bond acceptors (Lipinski definition) is 1. The predicted octanol–water partition coefficient (Wildman–Crippen LogP) is 4.88. The van der Waals surface area contributed by atoms with Gasteiger partial charge in [0.1, 0.15) is 11.6 Å². The number of nitrogens with one attached hydrogen (secondary N) is 1. The second-order valence-electron chi connectivity index (χ2n) is 4.45. The molecule has 106 valence electrons. The van der Waals surface area contributed by atoms with Crippen LogP contribution < -0.4 is 5.32 Å². The fraction of sp³-hybridized carbons (Fsp3) is 0.200. The highest BCUT2D eigenvalue weighted by atomic mass is 79.9. The Kier molecular flexibility index (Phi) is 5.13. The van der Waals surface area contributed by atoms with Crippen LogP contribution in [0.15, 0.2) is 40.9 Å². The van der Waals surface area contributed by atoms with Gasteiger partial charge in [0.15, 0.2) is 0 Å². The van der Waals surface area contributed by atoms with Crippen molar-refractivity contribution < 1.29 is 8.78 Å². The minimum atomic E-state index is -0.396. The van der Waals surface area contributed by atoms with Gasteiger partial charge in [-0.1, -0.05) is 33.6 Å². The van der Waals surface area contributed by atoms with E-state index in [2.05, 4.69) is 21.2 Å². The average Bonchev–Trinajstić information content (AvgIpc) is 2.40. The molecule has 1 unspecified atom stereocenters. The number of benzene rings is 2. The van der Waals surface area contributed by atoms with Gasteiger partial charge in [-0.3, -0.25) is 0 Å². The lowest BCUT2D eigenvalue weighted by Crippen LogP contribution is -2.20. The van der Waals surface area contributed by atoms with Crippen LogP contribution in [0.5, 0.6) is 0 Å². The van der Waals surface area contributed by atoms with Crippen molar-refractivity contribution in [3.8, 4) is 0 Å². The number of rotatable bonds is 4. The zero-order valence-electron chi connectivity index (χ0n) is 10.8. The molecular formula is C15H13BrClF2N. The molecule has 20 heavy (non-hydrogen) atoms. The van der Waals surface area contributed by atoms with E-state index in [4.69, 9.17) is 11.6 Å². The van der Waals surface area contributed by atoms with Crippen molar-refractivity contribution in [1.82, 2.24) is 5.32 Å². The Morgan fingerprint density at radius 2 is 1.90 bits per heavy atom. The van der Waals surface area contributed by atoms with E-state index in [0.29, 0.717) is 22.6 Å². The standard InChI is InChI=1S/C15H13BrClF2N/c1-20-15(12-4-3-11(17)8-14(12)19)7-9-6-10(16)2-5-13(9)18/h2-6,8,15,20H,7H2,1H3. The summed E-state index contributed by atoms with van der Waals surface area (Å²) in [6.45, 7) is 0. The van der Waals surface area contributed by atoms with Gasteiger partial charge in [-0.25, -0.2) is 8.78 Å². The van der Waals surface area contributed by atoms with Crippen molar-refractivity contribution in [2.45, 2.75) is 12.5 Å². The molecule has 2 aromatic carbocycles. The third-order valence-electron chi connectivity index (χ3n) is 3.12. The molecule has 0 amide bonds. The Balaban J connectivity index is 2.31. The first-order valence-electron chi connectivity index (χ1n) is 6.07. The van der Waals surface area contributed by atoms with Crippen LogP contribution in [0.2, 0.25) is 5.02 Å². The van der Waals surface area contributed by atoms with Gasteiger partial charge in [-0.05, 0) is 49.4 Å². The lowest BCUT2D eigenvalue weighted by molar-refractivity contribution is 0.519. The lowest BCUT2D eigenvalue weighted by atomic mass is 9.98. The smallest absolute Gasteiger partial charge is 0.129 e. The second-order valence-corrected chi connectivity index (χ2v) is 5.80. The molecule has 0 saturated heterocycles. The molecule has 2 rings (SSSR count). The number of halogens is 4. The van der Waals surface area contributed by atoms with Crippen LogP contribution >= 0.6 is 27.5 Å². The SMILES string of the molecule is CNC(Cc1cc(Br)ccc1F)c1ccc(Cl)cc1F. The van der Waals surface area contributed by atoms with Crippen molar-refractivity contribution in [3.05, 3.63) is 68.7 Å². The average molecular weight is 361 g/mol. The normalized spacial score (nSPS) is 12.4. The summed E-state index contributed by atoms with van der Waals surface area (Å²) >= 11 is 9.05. The molecule has 0 saturated carbocycles. The Labute approximate surface area is 130 Å². The Morgan fingerprint density at radius 1 is 1.15 bits per heavy atom. The molecule has 5 heteroatoms. The molecule has 0 aromatic heterocycles. The Bertz CT molecular complexity index is 619. The van der Waals surface area contributed by atoms with Crippen LogP contribution in [0.1, 0.15) is 17.2 Å². The zero-order chi connectivity index (χ0) is 14.7. The number of hydrogen-bond donors (Lipinski definition) is 1. The van der Waals surface area contributed by atoms with Crippen LogP contribution in [0.3, 0.4) is 0 Å². The van der Waals surface area contributed by atoms with Gasteiger partial charge in [0.2, 0.25) is 0 Å². The molecule has 0 aliphatic heterocycles. The topological polar surface area (TPSA) is 12.0 Å². The first kappa shape index (κ1) is 15.4. The van der Waals surface area contributed by atoms with E-state index in [1.807, 2.05) is 0 Å². The van der Waals surface area contributed by atoms with Crippen molar-refractivity contribution >= 4 is 27.5 Å². The largest absolute Gasteiger partial charge is 0.313 e. The molecule has 0 fully saturated rings. The molecule has 0 spiro atoms. The van der Waals surface area contributed by atoms with E-state index < -0.39 is 5.82 Å². The molecule has 0 aliphatic rings. The van der Waals surface area contributed by atoms with Crippen LogP contribution in [0.4, 0.5) is 8.78 Å².